The van der Waals surface area contributed by atoms with Crippen LogP contribution in [-0.2, 0) is 9.53 Å². The van der Waals surface area contributed by atoms with Crippen LogP contribution in [0.5, 0.6) is 5.75 Å². The van der Waals surface area contributed by atoms with Gasteiger partial charge in [-0.15, -0.1) is 0 Å². The van der Waals surface area contributed by atoms with Crippen LogP contribution in [0.1, 0.15) is 29.3 Å². The van der Waals surface area contributed by atoms with Gasteiger partial charge in [-0.05, 0) is 43.2 Å². The number of amides is 1. The molecule has 4 aromatic rings. The maximum Gasteiger partial charge on any atom is 0.338 e. The summed E-state index contributed by atoms with van der Waals surface area (Å²) in [6.07, 6.45) is -0.678. The van der Waals surface area contributed by atoms with Crippen LogP contribution in [0.15, 0.2) is 60.7 Å². The van der Waals surface area contributed by atoms with Gasteiger partial charge >= 0.3 is 5.97 Å². The van der Waals surface area contributed by atoms with Crippen molar-refractivity contribution in [2.24, 2.45) is 0 Å². The summed E-state index contributed by atoms with van der Waals surface area (Å²) in [6, 6.07) is 18.1. The lowest BCUT2D eigenvalue weighted by molar-refractivity contribution is -0.124. The number of H-pyrrole nitrogens is 1. The van der Waals surface area contributed by atoms with Crippen LogP contribution in [0, 0.1) is 6.92 Å². The van der Waals surface area contributed by atoms with Crippen molar-refractivity contribution in [3.63, 3.8) is 0 Å². The molecule has 2 N–H and O–H groups in total. The number of hydrogen-bond acceptors (Lipinski definition) is 5. The normalized spacial score (nSPS) is 11.8. The number of aromatic amines is 1. The first-order chi connectivity index (χ1) is 16.4. The second kappa shape index (κ2) is 9.97. The van der Waals surface area contributed by atoms with E-state index in [0.717, 1.165) is 16.6 Å². The van der Waals surface area contributed by atoms with Crippen molar-refractivity contribution in [2.75, 3.05) is 12.4 Å². The second-order valence-corrected chi connectivity index (χ2v) is 8.18. The minimum atomic E-state index is -0.981. The highest BCUT2D eigenvalue weighted by molar-refractivity contribution is 6.31. The number of carbonyl (C=O) groups excluding carboxylic acids is 2. The van der Waals surface area contributed by atoms with Crippen molar-refractivity contribution in [1.29, 1.82) is 0 Å². The number of esters is 1. The summed E-state index contributed by atoms with van der Waals surface area (Å²) in [5, 5.41) is 3.30. The minimum absolute atomic E-state index is 0.302. The lowest BCUT2D eigenvalue weighted by Gasteiger charge is -2.18. The average Bonchev–Trinajstić information content (AvgIpc) is 3.28. The Hall–Kier alpha value is -3.84. The molecule has 3 aromatic carbocycles. The Morgan fingerprint density at radius 3 is 2.59 bits per heavy atom. The number of halogens is 1. The molecule has 1 amide bonds. The molecule has 0 aliphatic heterocycles. The molecule has 174 valence electrons. The summed E-state index contributed by atoms with van der Waals surface area (Å²) in [4.78, 5) is 33.5. The quantitative estimate of drug-likeness (QED) is 0.329. The molecule has 0 saturated carbocycles. The zero-order chi connectivity index (χ0) is 24.2. The first kappa shape index (κ1) is 23.3. The topological polar surface area (TPSA) is 93.3 Å². The molecule has 8 heteroatoms. The van der Waals surface area contributed by atoms with Crippen LogP contribution >= 0.6 is 11.6 Å². The molecule has 1 heterocycles. The standard InChI is InChI=1S/C26H24ClN3O4/c1-4-22(25(31)30-21-12-15(2)18(27)14-23(21)33-3)34-26(32)17-10-11-19-20(13-17)29-24(28-19)16-8-6-5-7-9-16/h5-14,22H,4H2,1-3H3,(H,28,29)(H,30,31). The number of rotatable bonds is 7. The van der Waals surface area contributed by atoms with E-state index in [9.17, 15) is 9.59 Å². The van der Waals surface area contributed by atoms with Crippen LogP contribution in [0.3, 0.4) is 0 Å². The lowest BCUT2D eigenvalue weighted by Crippen LogP contribution is -2.32. The molecule has 1 atom stereocenters. The van der Waals surface area contributed by atoms with Crippen molar-refractivity contribution >= 4 is 40.2 Å². The van der Waals surface area contributed by atoms with Gasteiger partial charge in [-0.3, -0.25) is 4.79 Å². The zero-order valence-electron chi connectivity index (χ0n) is 19.0. The van der Waals surface area contributed by atoms with Gasteiger partial charge in [-0.2, -0.15) is 0 Å². The summed E-state index contributed by atoms with van der Waals surface area (Å²) >= 11 is 6.14. The molecule has 0 bridgehead atoms. The summed E-state index contributed by atoms with van der Waals surface area (Å²) in [5.74, 6) is 0.0760. The van der Waals surface area contributed by atoms with Gasteiger partial charge in [0.25, 0.3) is 5.91 Å². The van der Waals surface area contributed by atoms with Gasteiger partial charge in [0.15, 0.2) is 6.10 Å². The number of hydrogen-bond donors (Lipinski definition) is 2. The van der Waals surface area contributed by atoms with Crippen molar-refractivity contribution in [3.05, 3.63) is 76.8 Å². The number of aryl methyl sites for hydroxylation is 1. The Morgan fingerprint density at radius 1 is 1.12 bits per heavy atom. The van der Waals surface area contributed by atoms with Gasteiger partial charge in [0.2, 0.25) is 0 Å². The van der Waals surface area contributed by atoms with Crippen molar-refractivity contribution in [3.8, 4) is 17.1 Å². The van der Waals surface area contributed by atoms with Crippen LogP contribution in [0.2, 0.25) is 5.02 Å². The van der Waals surface area contributed by atoms with E-state index in [1.165, 1.54) is 7.11 Å². The second-order valence-electron chi connectivity index (χ2n) is 7.78. The molecule has 0 radical (unpaired) electrons. The Labute approximate surface area is 202 Å². The van der Waals surface area contributed by atoms with Gasteiger partial charge in [-0.25, -0.2) is 9.78 Å². The molecule has 0 aliphatic carbocycles. The number of benzene rings is 3. The molecule has 0 spiro atoms. The Balaban J connectivity index is 1.50. The van der Waals surface area contributed by atoms with Crippen LogP contribution < -0.4 is 10.1 Å². The Kier molecular flexibility index (Phi) is 6.84. The lowest BCUT2D eigenvalue weighted by atomic mass is 10.1. The van der Waals surface area contributed by atoms with Crippen molar-refractivity contribution in [1.82, 2.24) is 9.97 Å². The highest BCUT2D eigenvalue weighted by Gasteiger charge is 2.24. The van der Waals surface area contributed by atoms with Crippen molar-refractivity contribution < 1.29 is 19.1 Å². The monoisotopic (exact) mass is 477 g/mol. The summed E-state index contributed by atoms with van der Waals surface area (Å²) in [6.45, 7) is 3.59. The van der Waals surface area contributed by atoms with E-state index in [-0.39, 0.29) is 0 Å². The van der Waals surface area contributed by atoms with E-state index in [1.54, 1.807) is 37.3 Å². The van der Waals surface area contributed by atoms with Crippen LogP contribution in [-0.4, -0.2) is 35.1 Å². The molecule has 0 fully saturated rings. The van der Waals surface area contributed by atoms with E-state index in [2.05, 4.69) is 15.3 Å². The Morgan fingerprint density at radius 2 is 1.88 bits per heavy atom. The number of imidazole rings is 1. The number of carbonyl (C=O) groups is 2. The highest BCUT2D eigenvalue weighted by Crippen LogP contribution is 2.31. The fourth-order valence-corrected chi connectivity index (χ4v) is 3.69. The number of aromatic nitrogens is 2. The molecule has 34 heavy (non-hydrogen) atoms. The number of methoxy groups -OCH3 is 1. The van der Waals surface area contributed by atoms with Gasteiger partial charge in [0.05, 0.1) is 29.4 Å². The molecular weight excluding hydrogens is 454 g/mol. The maximum absolute atomic E-state index is 12.9. The predicted octanol–water partition coefficient (Wildman–Crippen LogP) is 5.77. The van der Waals surface area contributed by atoms with Gasteiger partial charge < -0.3 is 19.8 Å². The average molecular weight is 478 g/mol. The first-order valence-electron chi connectivity index (χ1n) is 10.8. The number of anilines is 1. The third-order valence-corrected chi connectivity index (χ3v) is 5.82. The number of ether oxygens (including phenoxy) is 2. The van der Waals surface area contributed by atoms with E-state index in [4.69, 9.17) is 21.1 Å². The van der Waals surface area contributed by atoms with E-state index >= 15 is 0 Å². The molecule has 0 saturated heterocycles. The molecule has 4 rings (SSSR count). The SMILES string of the molecule is CCC(OC(=O)c1ccc2nc(-c3ccccc3)[nH]c2c1)C(=O)Nc1cc(C)c(Cl)cc1OC. The van der Waals surface area contributed by atoms with E-state index < -0.39 is 18.0 Å². The molecule has 1 aromatic heterocycles. The molecular formula is C26H24ClN3O4. The highest BCUT2D eigenvalue weighted by atomic mass is 35.5. The van der Waals surface area contributed by atoms with Crippen LogP contribution in [0.25, 0.3) is 22.4 Å². The zero-order valence-corrected chi connectivity index (χ0v) is 19.8. The molecule has 0 aliphatic rings. The van der Waals surface area contributed by atoms with Gasteiger partial charge in [0.1, 0.15) is 11.6 Å². The van der Waals surface area contributed by atoms with E-state index in [1.807, 2.05) is 37.3 Å². The predicted molar refractivity (Wildman–Crippen MR) is 132 cm³/mol. The number of nitrogens with zero attached hydrogens (tertiary/aromatic N) is 1. The maximum atomic E-state index is 12.9. The smallest absolute Gasteiger partial charge is 0.338 e. The number of nitrogens with one attached hydrogen (secondary N) is 2. The summed E-state index contributed by atoms with van der Waals surface area (Å²) < 4.78 is 10.8. The fraction of sp³-hybridized carbons (Fsp3) is 0.192. The molecule has 1 unspecified atom stereocenters. The molecule has 7 nitrogen and oxygen atoms in total. The summed E-state index contributed by atoms with van der Waals surface area (Å²) in [7, 11) is 1.49. The third kappa shape index (κ3) is 4.89. The number of fused-ring (bicyclic) bond motifs is 1. The third-order valence-electron chi connectivity index (χ3n) is 5.42. The van der Waals surface area contributed by atoms with E-state index in [0.29, 0.717) is 39.8 Å². The van der Waals surface area contributed by atoms with Crippen molar-refractivity contribution in [2.45, 2.75) is 26.4 Å². The fourth-order valence-electron chi connectivity index (χ4n) is 3.53. The Bertz CT molecular complexity index is 1350. The van der Waals surface area contributed by atoms with Gasteiger partial charge in [0, 0.05) is 16.7 Å². The van der Waals surface area contributed by atoms with Crippen LogP contribution in [0.4, 0.5) is 5.69 Å². The largest absolute Gasteiger partial charge is 0.495 e. The first-order valence-corrected chi connectivity index (χ1v) is 11.2. The van der Waals surface area contributed by atoms with Gasteiger partial charge in [-0.1, -0.05) is 48.9 Å². The minimum Gasteiger partial charge on any atom is -0.495 e. The summed E-state index contributed by atoms with van der Waals surface area (Å²) in [5.41, 5.74) is 3.93.